The fourth-order valence-corrected chi connectivity index (χ4v) is 2.08. The second-order valence-electron chi connectivity index (χ2n) is 4.03. The normalized spacial score (nSPS) is 28.3. The maximum absolute atomic E-state index is 9.87. The summed E-state index contributed by atoms with van der Waals surface area (Å²) in [5.74, 6) is 0. The van der Waals surface area contributed by atoms with Crippen LogP contribution in [0.5, 0.6) is 0 Å². The van der Waals surface area contributed by atoms with Crippen molar-refractivity contribution in [3.63, 3.8) is 0 Å². The summed E-state index contributed by atoms with van der Waals surface area (Å²) in [6, 6.07) is 0.226. The molecule has 0 amide bonds. The molecule has 1 aliphatic heterocycles. The summed E-state index contributed by atoms with van der Waals surface area (Å²) in [6.07, 6.45) is 2.88. The van der Waals surface area contributed by atoms with Crippen molar-refractivity contribution < 1.29 is 9.84 Å². The Bertz CT molecular complexity index is 146. The van der Waals surface area contributed by atoms with Crippen molar-refractivity contribution in [2.24, 2.45) is 0 Å². The lowest BCUT2D eigenvalue weighted by Crippen LogP contribution is -2.50. The highest BCUT2D eigenvalue weighted by Crippen LogP contribution is 2.15. The van der Waals surface area contributed by atoms with Gasteiger partial charge in [0, 0.05) is 6.61 Å². The van der Waals surface area contributed by atoms with Gasteiger partial charge in [0.1, 0.15) is 0 Å². The zero-order valence-corrected chi connectivity index (χ0v) is 9.41. The molecule has 0 spiro atoms. The first-order chi connectivity index (χ1) is 6.79. The number of nitrogens with zero attached hydrogens (tertiary/aromatic N) is 1. The molecule has 0 aromatic rings. The largest absolute Gasteiger partial charge is 0.391 e. The van der Waals surface area contributed by atoms with Crippen LogP contribution in [0.4, 0.5) is 0 Å². The molecule has 1 aliphatic rings. The number of ether oxygens (including phenoxy) is 1. The summed E-state index contributed by atoms with van der Waals surface area (Å²) in [7, 11) is 0. The summed E-state index contributed by atoms with van der Waals surface area (Å²) in [5.41, 5.74) is 0. The average Bonchev–Trinajstić information content (AvgIpc) is 2.18. The Labute approximate surface area is 87.1 Å². The quantitative estimate of drug-likeness (QED) is 0.727. The predicted octanol–water partition coefficient (Wildman–Crippen LogP) is 1.26. The van der Waals surface area contributed by atoms with Gasteiger partial charge >= 0.3 is 0 Å². The Morgan fingerprint density at radius 3 is 2.43 bits per heavy atom. The minimum absolute atomic E-state index is 0.193. The van der Waals surface area contributed by atoms with Crippen LogP contribution in [0.25, 0.3) is 0 Å². The number of rotatable bonds is 5. The molecule has 0 bridgehead atoms. The molecule has 14 heavy (non-hydrogen) atoms. The first kappa shape index (κ1) is 12.0. The molecule has 84 valence electrons. The zero-order chi connectivity index (χ0) is 10.4. The fourth-order valence-electron chi connectivity index (χ4n) is 2.08. The van der Waals surface area contributed by atoms with Gasteiger partial charge in [0.05, 0.1) is 18.8 Å². The van der Waals surface area contributed by atoms with Crippen LogP contribution in [0.15, 0.2) is 0 Å². The Kier molecular flexibility index (Phi) is 5.45. The van der Waals surface area contributed by atoms with E-state index in [4.69, 9.17) is 4.74 Å². The molecule has 0 aromatic heterocycles. The zero-order valence-electron chi connectivity index (χ0n) is 9.41. The van der Waals surface area contributed by atoms with E-state index >= 15 is 0 Å². The maximum Gasteiger partial charge on any atom is 0.0739 e. The molecule has 1 rings (SSSR count). The average molecular weight is 201 g/mol. The maximum atomic E-state index is 9.87. The molecule has 3 nitrogen and oxygen atoms in total. The molecule has 2 unspecified atom stereocenters. The van der Waals surface area contributed by atoms with Crippen LogP contribution < -0.4 is 0 Å². The minimum Gasteiger partial charge on any atom is -0.391 e. The molecule has 1 heterocycles. The molecule has 1 fully saturated rings. The number of hydrogen-bond acceptors (Lipinski definition) is 3. The van der Waals surface area contributed by atoms with Gasteiger partial charge in [-0.05, 0) is 32.4 Å². The van der Waals surface area contributed by atoms with Crippen LogP contribution in [-0.2, 0) is 4.74 Å². The van der Waals surface area contributed by atoms with E-state index in [0.717, 1.165) is 32.4 Å². The molecule has 1 N–H and O–H groups in total. The van der Waals surface area contributed by atoms with Crippen molar-refractivity contribution in [3.05, 3.63) is 0 Å². The first-order valence-electron chi connectivity index (χ1n) is 5.79. The second kappa shape index (κ2) is 6.38. The van der Waals surface area contributed by atoms with Crippen molar-refractivity contribution in [2.45, 2.75) is 45.3 Å². The van der Waals surface area contributed by atoms with Crippen LogP contribution in [0.3, 0.4) is 0 Å². The Morgan fingerprint density at radius 1 is 1.29 bits per heavy atom. The van der Waals surface area contributed by atoms with E-state index in [-0.39, 0.29) is 12.1 Å². The van der Waals surface area contributed by atoms with E-state index in [1.807, 2.05) is 0 Å². The third-order valence-corrected chi connectivity index (χ3v) is 2.78. The molecule has 0 aromatic carbocycles. The molecule has 1 saturated heterocycles. The van der Waals surface area contributed by atoms with Gasteiger partial charge in [0.15, 0.2) is 0 Å². The summed E-state index contributed by atoms with van der Waals surface area (Å²) < 4.78 is 5.42. The van der Waals surface area contributed by atoms with E-state index < -0.39 is 0 Å². The summed E-state index contributed by atoms with van der Waals surface area (Å²) in [6.45, 7) is 7.90. The van der Waals surface area contributed by atoms with Crippen LogP contribution in [0.1, 0.15) is 33.1 Å². The van der Waals surface area contributed by atoms with Crippen molar-refractivity contribution in [3.8, 4) is 0 Å². The number of aliphatic hydroxyl groups excluding tert-OH is 1. The van der Waals surface area contributed by atoms with Crippen molar-refractivity contribution >= 4 is 0 Å². The highest BCUT2D eigenvalue weighted by atomic mass is 16.5. The lowest BCUT2D eigenvalue weighted by atomic mass is 10.0. The Balaban J connectivity index is 2.46. The topological polar surface area (TPSA) is 32.7 Å². The second-order valence-corrected chi connectivity index (χ2v) is 4.03. The minimum atomic E-state index is -0.193. The first-order valence-corrected chi connectivity index (χ1v) is 5.79. The molecular formula is C11H23NO2. The highest BCUT2D eigenvalue weighted by Gasteiger charge is 2.28. The Morgan fingerprint density at radius 2 is 1.93 bits per heavy atom. The van der Waals surface area contributed by atoms with Crippen LogP contribution in [0.2, 0.25) is 0 Å². The van der Waals surface area contributed by atoms with Gasteiger partial charge in [-0.1, -0.05) is 13.8 Å². The van der Waals surface area contributed by atoms with Gasteiger partial charge < -0.3 is 9.84 Å². The third kappa shape index (κ3) is 3.23. The van der Waals surface area contributed by atoms with Crippen molar-refractivity contribution in [2.75, 3.05) is 26.3 Å². The van der Waals surface area contributed by atoms with E-state index in [0.29, 0.717) is 13.2 Å². The molecular weight excluding hydrogens is 178 g/mol. The van der Waals surface area contributed by atoms with Crippen LogP contribution >= 0.6 is 0 Å². The fraction of sp³-hybridized carbons (Fsp3) is 1.00. The number of aliphatic hydroxyl groups is 1. The summed E-state index contributed by atoms with van der Waals surface area (Å²) in [5, 5.41) is 9.87. The number of hydrogen-bond donors (Lipinski definition) is 1. The van der Waals surface area contributed by atoms with Crippen LogP contribution in [-0.4, -0.2) is 48.5 Å². The van der Waals surface area contributed by atoms with Gasteiger partial charge in [-0.3, -0.25) is 4.90 Å². The molecule has 0 aliphatic carbocycles. The van der Waals surface area contributed by atoms with E-state index in [1.165, 1.54) is 0 Å². The third-order valence-electron chi connectivity index (χ3n) is 2.78. The lowest BCUT2D eigenvalue weighted by Gasteiger charge is -2.37. The van der Waals surface area contributed by atoms with Gasteiger partial charge in [-0.25, -0.2) is 0 Å². The van der Waals surface area contributed by atoms with Gasteiger partial charge in [0.2, 0.25) is 0 Å². The standard InChI is InChI=1S/C11H23NO2/c1-3-6-12(7-4-2)10-9-14-8-5-11(10)13/h10-11,13H,3-9H2,1-2H3. The van der Waals surface area contributed by atoms with E-state index in [1.54, 1.807) is 0 Å². The summed E-state index contributed by atoms with van der Waals surface area (Å²) in [4.78, 5) is 2.36. The molecule has 2 atom stereocenters. The highest BCUT2D eigenvalue weighted by molar-refractivity contribution is 4.81. The molecule has 0 radical (unpaired) electrons. The van der Waals surface area contributed by atoms with Crippen LogP contribution in [0, 0.1) is 0 Å². The lowest BCUT2D eigenvalue weighted by molar-refractivity contribution is -0.0612. The van der Waals surface area contributed by atoms with Gasteiger partial charge in [0.25, 0.3) is 0 Å². The van der Waals surface area contributed by atoms with E-state index in [9.17, 15) is 5.11 Å². The summed E-state index contributed by atoms with van der Waals surface area (Å²) >= 11 is 0. The van der Waals surface area contributed by atoms with Gasteiger partial charge in [-0.15, -0.1) is 0 Å². The van der Waals surface area contributed by atoms with Gasteiger partial charge in [-0.2, -0.15) is 0 Å². The smallest absolute Gasteiger partial charge is 0.0739 e. The predicted molar refractivity (Wildman–Crippen MR) is 57.4 cm³/mol. The molecule has 0 saturated carbocycles. The molecule has 3 heteroatoms. The monoisotopic (exact) mass is 201 g/mol. The van der Waals surface area contributed by atoms with Crippen molar-refractivity contribution in [1.82, 2.24) is 4.90 Å². The Hall–Kier alpha value is -0.120. The SMILES string of the molecule is CCCN(CCC)C1COCCC1O. The van der Waals surface area contributed by atoms with E-state index in [2.05, 4.69) is 18.7 Å². The van der Waals surface area contributed by atoms with Crippen molar-refractivity contribution in [1.29, 1.82) is 0 Å².